The first-order chi connectivity index (χ1) is 14.4. The molecule has 5 nitrogen and oxygen atoms in total. The smallest absolute Gasteiger partial charge is 0.315 e. The second-order valence-corrected chi connectivity index (χ2v) is 10.1. The van der Waals surface area contributed by atoms with E-state index in [1.54, 1.807) is 24.3 Å². The van der Waals surface area contributed by atoms with E-state index in [0.29, 0.717) is 22.5 Å². The fraction of sp³-hybridized carbons (Fsp3) is 0.429. The van der Waals surface area contributed by atoms with Crippen molar-refractivity contribution in [3.05, 3.63) is 41.3 Å². The Morgan fingerprint density at radius 2 is 1.83 bits per heavy atom. The van der Waals surface area contributed by atoms with Crippen molar-refractivity contribution in [1.29, 1.82) is 0 Å². The van der Waals surface area contributed by atoms with Gasteiger partial charge < -0.3 is 10.6 Å². The third-order valence-corrected chi connectivity index (χ3v) is 8.04. The minimum Gasteiger partial charge on any atom is -0.347 e. The van der Waals surface area contributed by atoms with Gasteiger partial charge in [-0.25, -0.2) is 0 Å². The number of piperidine rings is 3. The summed E-state index contributed by atoms with van der Waals surface area (Å²) in [6.45, 7) is 4.45. The highest BCUT2D eigenvalue weighted by Crippen LogP contribution is 2.35. The molecule has 3 fully saturated rings. The number of benzene rings is 1. The van der Waals surface area contributed by atoms with E-state index >= 15 is 0 Å². The van der Waals surface area contributed by atoms with E-state index in [4.69, 9.17) is 0 Å². The van der Waals surface area contributed by atoms with Crippen molar-refractivity contribution < 1.29 is 18.4 Å². The molecule has 3 aliphatic rings. The Hall–Kier alpha value is -1.97. The van der Waals surface area contributed by atoms with Gasteiger partial charge in [-0.15, -0.1) is 11.3 Å². The highest BCUT2D eigenvalue weighted by molar-refractivity contribution is 8.01. The maximum absolute atomic E-state index is 12.8. The van der Waals surface area contributed by atoms with Crippen molar-refractivity contribution in [2.45, 2.75) is 47.4 Å². The van der Waals surface area contributed by atoms with Crippen LogP contribution >= 0.6 is 23.1 Å². The van der Waals surface area contributed by atoms with Gasteiger partial charge in [0.1, 0.15) is 0 Å². The number of hydrogen-bond acceptors (Lipinski definition) is 5. The van der Waals surface area contributed by atoms with Gasteiger partial charge in [0.25, 0.3) is 11.8 Å². The number of nitrogens with zero attached hydrogens (tertiary/aromatic N) is 1. The molecule has 0 radical (unpaired) electrons. The van der Waals surface area contributed by atoms with E-state index in [0.717, 1.165) is 35.0 Å². The zero-order valence-electron chi connectivity index (χ0n) is 16.4. The normalized spacial score (nSPS) is 25.3. The van der Waals surface area contributed by atoms with Crippen LogP contribution in [0.5, 0.6) is 0 Å². The van der Waals surface area contributed by atoms with Crippen molar-refractivity contribution in [3.8, 4) is 0 Å². The van der Waals surface area contributed by atoms with Gasteiger partial charge in [-0.3, -0.25) is 14.5 Å². The predicted octanol–water partition coefficient (Wildman–Crippen LogP) is 4.32. The number of carbonyl (C=O) groups excluding carboxylic acids is 2. The van der Waals surface area contributed by atoms with Gasteiger partial charge in [-0.2, -0.15) is 8.78 Å². The molecular weight excluding hydrogens is 428 g/mol. The Bertz CT molecular complexity index is 909. The van der Waals surface area contributed by atoms with E-state index in [1.165, 1.54) is 23.1 Å². The van der Waals surface area contributed by atoms with Gasteiger partial charge in [0.05, 0.1) is 9.09 Å². The van der Waals surface area contributed by atoms with Crippen LogP contribution in [0, 0.1) is 5.92 Å². The van der Waals surface area contributed by atoms with Gasteiger partial charge in [0, 0.05) is 22.7 Å². The zero-order chi connectivity index (χ0) is 21.3. The van der Waals surface area contributed by atoms with Crippen LogP contribution in [0.2, 0.25) is 0 Å². The van der Waals surface area contributed by atoms with Crippen LogP contribution < -0.4 is 10.6 Å². The number of carbonyl (C=O) groups is 2. The van der Waals surface area contributed by atoms with Crippen LogP contribution in [0.1, 0.15) is 29.4 Å². The molecule has 2 bridgehead atoms. The van der Waals surface area contributed by atoms with Crippen molar-refractivity contribution >= 4 is 40.6 Å². The first-order valence-corrected chi connectivity index (χ1v) is 11.6. The maximum atomic E-state index is 12.8. The lowest BCUT2D eigenvalue weighted by Gasteiger charge is -2.49. The summed E-state index contributed by atoms with van der Waals surface area (Å²) in [4.78, 5) is 27.9. The van der Waals surface area contributed by atoms with Crippen LogP contribution in [-0.4, -0.2) is 48.3 Å². The molecule has 0 aliphatic carbocycles. The average molecular weight is 452 g/mol. The van der Waals surface area contributed by atoms with Gasteiger partial charge >= 0.3 is 6.43 Å². The third kappa shape index (κ3) is 4.68. The molecule has 0 saturated carbocycles. The molecule has 0 spiro atoms. The monoisotopic (exact) mass is 451 g/mol. The van der Waals surface area contributed by atoms with E-state index in [-0.39, 0.29) is 11.9 Å². The topological polar surface area (TPSA) is 61.4 Å². The number of fused-ring (bicyclic) bond motifs is 3. The van der Waals surface area contributed by atoms with Crippen molar-refractivity contribution in [2.24, 2.45) is 5.92 Å². The standard InChI is InChI=1S/C21H23F2N3O2S2/c1-12-18(13-8-10-26(12)11-9-13)25-20(27)16-6-7-17(30-16)29-15-4-2-14(3-5-15)24-21(28)19(22)23/h2-7,12-13,18-19H,8-11H2,1H3,(H,24,28)(H,25,27)/t12-,18-/m0/s1. The SMILES string of the molecule is C[C@H]1[C@H](NC(=O)c2ccc(Sc3ccc(NC(=O)C(F)F)cc3)s2)C2CCN1CC2. The summed E-state index contributed by atoms with van der Waals surface area (Å²) >= 11 is 2.92. The molecule has 0 unspecified atom stereocenters. The number of nitrogens with one attached hydrogen (secondary N) is 2. The summed E-state index contributed by atoms with van der Waals surface area (Å²) < 4.78 is 25.6. The largest absolute Gasteiger partial charge is 0.347 e. The number of halogens is 2. The van der Waals surface area contributed by atoms with E-state index in [9.17, 15) is 18.4 Å². The van der Waals surface area contributed by atoms with Crippen LogP contribution in [0.4, 0.5) is 14.5 Å². The molecule has 160 valence electrons. The lowest BCUT2D eigenvalue weighted by molar-refractivity contribution is -0.126. The second-order valence-electron chi connectivity index (χ2n) is 7.65. The molecule has 9 heteroatoms. The molecule has 30 heavy (non-hydrogen) atoms. The number of rotatable bonds is 6. The Balaban J connectivity index is 1.35. The summed E-state index contributed by atoms with van der Waals surface area (Å²) in [5.74, 6) is -0.782. The summed E-state index contributed by atoms with van der Waals surface area (Å²) in [5.41, 5.74) is 0.322. The molecule has 3 aliphatic heterocycles. The van der Waals surface area contributed by atoms with Crippen molar-refractivity contribution in [2.75, 3.05) is 18.4 Å². The average Bonchev–Trinajstić information content (AvgIpc) is 3.21. The highest BCUT2D eigenvalue weighted by Gasteiger charge is 2.40. The summed E-state index contributed by atoms with van der Waals surface area (Å²) in [5, 5.41) is 5.40. The van der Waals surface area contributed by atoms with Crippen molar-refractivity contribution in [1.82, 2.24) is 10.2 Å². The molecule has 1 aromatic heterocycles. The summed E-state index contributed by atoms with van der Waals surface area (Å²) in [6.07, 6.45) is -0.748. The maximum Gasteiger partial charge on any atom is 0.315 e. The van der Waals surface area contributed by atoms with Crippen LogP contribution in [0.15, 0.2) is 45.5 Å². The first kappa shape index (κ1) is 21.3. The molecule has 5 rings (SSSR count). The van der Waals surface area contributed by atoms with Gasteiger partial charge in [0.15, 0.2) is 0 Å². The number of amides is 2. The Morgan fingerprint density at radius 1 is 1.13 bits per heavy atom. The minimum absolute atomic E-state index is 0.0255. The lowest BCUT2D eigenvalue weighted by Crippen LogP contribution is -2.62. The molecule has 1 aromatic carbocycles. The second kappa shape index (κ2) is 9.03. The van der Waals surface area contributed by atoms with Gasteiger partial charge in [-0.05, 0) is 75.2 Å². The Kier molecular flexibility index (Phi) is 6.40. The van der Waals surface area contributed by atoms with Crippen molar-refractivity contribution in [3.63, 3.8) is 0 Å². The minimum atomic E-state index is -3.04. The number of thiophene rings is 1. The van der Waals surface area contributed by atoms with Gasteiger partial charge in [-0.1, -0.05) is 11.8 Å². The molecular formula is C21H23F2N3O2S2. The summed E-state index contributed by atoms with van der Waals surface area (Å²) in [6, 6.07) is 11.0. The molecule has 2 N–H and O–H groups in total. The van der Waals surface area contributed by atoms with E-state index < -0.39 is 12.3 Å². The highest BCUT2D eigenvalue weighted by atomic mass is 32.2. The molecule has 2 amide bonds. The molecule has 2 aromatic rings. The molecule has 4 heterocycles. The van der Waals surface area contributed by atoms with Crippen LogP contribution in [0.25, 0.3) is 0 Å². The third-order valence-electron chi connectivity index (χ3n) is 5.82. The first-order valence-electron chi connectivity index (χ1n) is 9.92. The number of anilines is 1. The lowest BCUT2D eigenvalue weighted by atomic mass is 9.79. The van der Waals surface area contributed by atoms with Crippen LogP contribution in [-0.2, 0) is 4.79 Å². The zero-order valence-corrected chi connectivity index (χ0v) is 18.1. The molecule has 3 saturated heterocycles. The fourth-order valence-corrected chi connectivity index (χ4v) is 6.19. The van der Waals surface area contributed by atoms with E-state index in [1.807, 2.05) is 12.1 Å². The van der Waals surface area contributed by atoms with E-state index in [2.05, 4.69) is 22.5 Å². The van der Waals surface area contributed by atoms with Crippen LogP contribution in [0.3, 0.4) is 0 Å². The Morgan fingerprint density at radius 3 is 2.47 bits per heavy atom. The summed E-state index contributed by atoms with van der Waals surface area (Å²) in [7, 11) is 0. The number of alkyl halides is 2. The predicted molar refractivity (Wildman–Crippen MR) is 115 cm³/mol. The fourth-order valence-electron chi connectivity index (χ4n) is 4.18. The van der Waals surface area contributed by atoms with Gasteiger partial charge in [0.2, 0.25) is 0 Å². The quantitative estimate of drug-likeness (QED) is 0.687. The molecule has 2 atom stereocenters. The number of hydrogen-bond donors (Lipinski definition) is 2. The Labute approximate surface area is 182 Å².